The van der Waals surface area contributed by atoms with E-state index in [1.54, 1.807) is 31.5 Å². The maximum atomic E-state index is 11.1. The minimum absolute atomic E-state index is 0.0943. The van der Waals surface area contributed by atoms with Gasteiger partial charge in [0.15, 0.2) is 5.82 Å². The zero-order valence-electron chi connectivity index (χ0n) is 9.21. The van der Waals surface area contributed by atoms with Crippen molar-refractivity contribution in [2.75, 3.05) is 5.73 Å². The second-order valence-electron chi connectivity index (χ2n) is 3.49. The lowest BCUT2D eigenvalue weighted by Crippen LogP contribution is -2.17. The molecular weight excluding hydrogens is 218 g/mol. The van der Waals surface area contributed by atoms with E-state index < -0.39 is 5.91 Å². The highest BCUT2D eigenvalue weighted by atomic mass is 16.1. The third-order valence-corrected chi connectivity index (χ3v) is 2.30. The Morgan fingerprint density at radius 1 is 1.24 bits per heavy atom. The molecule has 17 heavy (non-hydrogen) atoms. The van der Waals surface area contributed by atoms with Crippen LogP contribution >= 0.6 is 0 Å². The topological polar surface area (TPSA) is 108 Å². The lowest BCUT2D eigenvalue weighted by Gasteiger charge is -2.07. The number of carbonyl (C=O) groups excluding carboxylic acids is 1. The average Bonchev–Trinajstić information content (AvgIpc) is 2.28. The smallest absolute Gasteiger partial charge is 0.254 e. The van der Waals surface area contributed by atoms with Gasteiger partial charge < -0.3 is 11.5 Å². The first-order valence-corrected chi connectivity index (χ1v) is 4.94. The lowest BCUT2D eigenvalue weighted by atomic mass is 10.2. The van der Waals surface area contributed by atoms with Gasteiger partial charge in [0.1, 0.15) is 11.4 Å². The summed E-state index contributed by atoms with van der Waals surface area (Å²) in [6, 6.07) is 3.52. The van der Waals surface area contributed by atoms with Crippen molar-refractivity contribution in [2.45, 2.75) is 6.92 Å². The van der Waals surface area contributed by atoms with Crippen molar-refractivity contribution in [3.63, 3.8) is 0 Å². The van der Waals surface area contributed by atoms with E-state index in [1.165, 1.54) is 0 Å². The van der Waals surface area contributed by atoms with Crippen molar-refractivity contribution in [1.82, 2.24) is 15.0 Å². The van der Waals surface area contributed by atoms with Gasteiger partial charge in [0.2, 0.25) is 0 Å². The van der Waals surface area contributed by atoms with Crippen LogP contribution in [0.1, 0.15) is 16.1 Å². The molecule has 2 aromatic rings. The van der Waals surface area contributed by atoms with E-state index in [0.717, 1.165) is 5.56 Å². The number of amides is 1. The molecule has 0 aliphatic heterocycles. The Morgan fingerprint density at radius 2 is 1.88 bits per heavy atom. The highest BCUT2D eigenvalue weighted by Gasteiger charge is 2.14. The van der Waals surface area contributed by atoms with Gasteiger partial charge in [-0.05, 0) is 19.1 Å². The number of anilines is 1. The molecule has 6 heteroatoms. The van der Waals surface area contributed by atoms with Crippen LogP contribution in [0.15, 0.2) is 24.5 Å². The Bertz CT molecular complexity index is 544. The SMILES string of the molecule is Cc1nc(-c2ccncc2)nc(N)c1C(N)=O. The van der Waals surface area contributed by atoms with Crippen molar-refractivity contribution >= 4 is 11.7 Å². The average molecular weight is 229 g/mol. The molecule has 0 radical (unpaired) electrons. The molecule has 2 heterocycles. The predicted molar refractivity (Wildman–Crippen MR) is 62.9 cm³/mol. The number of aromatic nitrogens is 3. The molecule has 1 amide bonds. The maximum absolute atomic E-state index is 11.1. The number of nitrogens with zero attached hydrogens (tertiary/aromatic N) is 3. The number of nitrogen functional groups attached to an aromatic ring is 1. The summed E-state index contributed by atoms with van der Waals surface area (Å²) in [5.41, 5.74) is 12.3. The summed E-state index contributed by atoms with van der Waals surface area (Å²) in [6.45, 7) is 1.67. The molecule has 0 saturated heterocycles. The van der Waals surface area contributed by atoms with Crippen molar-refractivity contribution in [1.29, 1.82) is 0 Å². The zero-order chi connectivity index (χ0) is 12.4. The van der Waals surface area contributed by atoms with E-state index in [4.69, 9.17) is 11.5 Å². The maximum Gasteiger partial charge on any atom is 0.254 e. The highest BCUT2D eigenvalue weighted by Crippen LogP contribution is 2.19. The van der Waals surface area contributed by atoms with E-state index in [-0.39, 0.29) is 11.4 Å². The summed E-state index contributed by atoms with van der Waals surface area (Å²) in [4.78, 5) is 23.3. The third-order valence-electron chi connectivity index (χ3n) is 2.30. The first-order chi connectivity index (χ1) is 8.09. The summed E-state index contributed by atoms with van der Waals surface area (Å²) >= 11 is 0. The van der Waals surface area contributed by atoms with E-state index in [2.05, 4.69) is 15.0 Å². The molecule has 0 unspecified atom stereocenters. The molecule has 0 bridgehead atoms. The Balaban J connectivity index is 2.57. The van der Waals surface area contributed by atoms with E-state index >= 15 is 0 Å². The van der Waals surface area contributed by atoms with E-state index in [0.29, 0.717) is 11.5 Å². The van der Waals surface area contributed by atoms with Crippen LogP contribution in [0.25, 0.3) is 11.4 Å². The second kappa shape index (κ2) is 4.17. The molecule has 86 valence electrons. The number of pyridine rings is 1. The van der Waals surface area contributed by atoms with Gasteiger partial charge in [-0.25, -0.2) is 9.97 Å². The summed E-state index contributed by atoms with van der Waals surface area (Å²) in [7, 11) is 0. The molecule has 2 rings (SSSR count). The van der Waals surface area contributed by atoms with Gasteiger partial charge in [-0.15, -0.1) is 0 Å². The summed E-state index contributed by atoms with van der Waals surface area (Å²) in [5, 5.41) is 0. The van der Waals surface area contributed by atoms with Crippen LogP contribution in [-0.2, 0) is 0 Å². The molecule has 0 spiro atoms. The van der Waals surface area contributed by atoms with Gasteiger partial charge in [-0.1, -0.05) is 0 Å². The summed E-state index contributed by atoms with van der Waals surface area (Å²) < 4.78 is 0. The van der Waals surface area contributed by atoms with Crippen molar-refractivity contribution < 1.29 is 4.79 Å². The number of hydrogen-bond donors (Lipinski definition) is 2. The predicted octanol–water partition coefficient (Wildman–Crippen LogP) is 0.528. The van der Waals surface area contributed by atoms with E-state index in [1.807, 2.05) is 0 Å². The first-order valence-electron chi connectivity index (χ1n) is 4.94. The molecule has 0 aliphatic carbocycles. The Hall–Kier alpha value is -2.50. The summed E-state index contributed by atoms with van der Waals surface area (Å²) in [5.74, 6) is -0.0782. The van der Waals surface area contributed by atoms with Crippen molar-refractivity contribution in [3.05, 3.63) is 35.8 Å². The Kier molecular flexibility index (Phi) is 2.70. The third kappa shape index (κ3) is 2.05. The van der Waals surface area contributed by atoms with Crippen molar-refractivity contribution in [2.24, 2.45) is 5.73 Å². The van der Waals surface area contributed by atoms with Gasteiger partial charge in [0.05, 0.1) is 5.69 Å². The molecule has 0 saturated carbocycles. The highest BCUT2D eigenvalue weighted by molar-refractivity contribution is 5.98. The zero-order valence-corrected chi connectivity index (χ0v) is 9.21. The number of carbonyl (C=O) groups is 1. The number of aryl methyl sites for hydroxylation is 1. The largest absolute Gasteiger partial charge is 0.383 e. The molecule has 0 aromatic carbocycles. The van der Waals surface area contributed by atoms with Crippen LogP contribution in [0.4, 0.5) is 5.82 Å². The molecule has 4 N–H and O–H groups in total. The van der Waals surface area contributed by atoms with Crippen LogP contribution in [0.3, 0.4) is 0 Å². The fourth-order valence-electron chi connectivity index (χ4n) is 1.53. The van der Waals surface area contributed by atoms with Crippen LogP contribution in [-0.4, -0.2) is 20.9 Å². The van der Waals surface area contributed by atoms with Gasteiger partial charge in [0.25, 0.3) is 5.91 Å². The number of primary amides is 1. The quantitative estimate of drug-likeness (QED) is 0.780. The molecule has 0 fully saturated rings. The normalized spacial score (nSPS) is 10.2. The number of hydrogen-bond acceptors (Lipinski definition) is 5. The van der Waals surface area contributed by atoms with Gasteiger partial charge in [-0.2, -0.15) is 0 Å². The standard InChI is InChI=1S/C11H11N5O/c1-6-8(10(13)17)9(12)16-11(15-6)7-2-4-14-5-3-7/h2-5H,1H3,(H2,13,17)(H2,12,15,16). The van der Waals surface area contributed by atoms with E-state index in [9.17, 15) is 4.79 Å². The number of nitrogens with two attached hydrogens (primary N) is 2. The van der Waals surface area contributed by atoms with Crippen molar-refractivity contribution in [3.8, 4) is 11.4 Å². The van der Waals surface area contributed by atoms with Crippen LogP contribution < -0.4 is 11.5 Å². The first kappa shape index (κ1) is 11.0. The number of rotatable bonds is 2. The van der Waals surface area contributed by atoms with Gasteiger partial charge in [-0.3, -0.25) is 9.78 Å². The fourth-order valence-corrected chi connectivity index (χ4v) is 1.53. The van der Waals surface area contributed by atoms with Crippen LogP contribution in [0.2, 0.25) is 0 Å². The molecular formula is C11H11N5O. The molecule has 0 atom stereocenters. The van der Waals surface area contributed by atoms with Crippen LogP contribution in [0.5, 0.6) is 0 Å². The van der Waals surface area contributed by atoms with Gasteiger partial charge in [0, 0.05) is 18.0 Å². The minimum atomic E-state index is -0.624. The molecule has 6 nitrogen and oxygen atoms in total. The van der Waals surface area contributed by atoms with Crippen LogP contribution in [0, 0.1) is 6.92 Å². The monoisotopic (exact) mass is 229 g/mol. The second-order valence-corrected chi connectivity index (χ2v) is 3.49. The summed E-state index contributed by atoms with van der Waals surface area (Å²) in [6.07, 6.45) is 3.26. The minimum Gasteiger partial charge on any atom is -0.383 e. The Labute approximate surface area is 97.7 Å². The molecule has 2 aromatic heterocycles. The fraction of sp³-hybridized carbons (Fsp3) is 0.0909. The lowest BCUT2D eigenvalue weighted by molar-refractivity contribution is 0.1000. The molecule has 0 aliphatic rings. The van der Waals surface area contributed by atoms with Gasteiger partial charge >= 0.3 is 0 Å². The Morgan fingerprint density at radius 3 is 2.41 bits per heavy atom.